The van der Waals surface area contributed by atoms with Crippen LogP contribution in [0.1, 0.15) is 58.6 Å². The first-order chi connectivity index (χ1) is 10.2. The van der Waals surface area contributed by atoms with Crippen LogP contribution in [0.2, 0.25) is 0 Å². The summed E-state index contributed by atoms with van der Waals surface area (Å²) < 4.78 is 0. The van der Waals surface area contributed by atoms with Crippen molar-refractivity contribution in [3.05, 3.63) is 30.1 Å². The summed E-state index contributed by atoms with van der Waals surface area (Å²) in [5, 5.41) is 3.04. The topological polar surface area (TPSA) is 42.0 Å². The van der Waals surface area contributed by atoms with E-state index in [4.69, 9.17) is 0 Å². The van der Waals surface area contributed by atoms with Crippen LogP contribution in [0.25, 0.3) is 0 Å². The number of amides is 1. The van der Waals surface area contributed by atoms with Gasteiger partial charge in [-0.05, 0) is 30.9 Å². The smallest absolute Gasteiger partial charge is 0.223 e. The first kappa shape index (κ1) is 17.7. The predicted octanol–water partition coefficient (Wildman–Crippen LogP) is 3.98. The molecule has 0 unspecified atom stereocenters. The van der Waals surface area contributed by atoms with Crippen molar-refractivity contribution in [1.29, 1.82) is 0 Å². The van der Waals surface area contributed by atoms with Crippen LogP contribution in [0.4, 0.5) is 0 Å². The maximum absolute atomic E-state index is 12.0. The molecule has 0 saturated heterocycles. The summed E-state index contributed by atoms with van der Waals surface area (Å²) in [6.45, 7) is 7.19. The van der Waals surface area contributed by atoms with E-state index in [9.17, 15) is 4.79 Å². The van der Waals surface area contributed by atoms with Gasteiger partial charge >= 0.3 is 0 Å². The van der Waals surface area contributed by atoms with Gasteiger partial charge in [0.1, 0.15) is 0 Å². The standard InChI is InChI=1S/C15H22N2O.C3H8/c1-12-5-4-6-13(11-12)15(18)17-10-8-14-7-2-3-9-16-14;1-3-2/h2-3,7,9,12-13H,4-6,8,10-11H2,1H3,(H,17,18);3H2,1-2H3/t12-,13+;/m1./s1. The second-order valence-corrected chi connectivity index (χ2v) is 6.04. The maximum Gasteiger partial charge on any atom is 0.223 e. The molecule has 1 amide bonds. The molecule has 21 heavy (non-hydrogen) atoms. The van der Waals surface area contributed by atoms with Gasteiger partial charge in [-0.25, -0.2) is 0 Å². The zero-order valence-corrected chi connectivity index (χ0v) is 13.8. The average Bonchev–Trinajstić information content (AvgIpc) is 2.49. The first-order valence-electron chi connectivity index (χ1n) is 8.34. The monoisotopic (exact) mass is 290 g/mol. The Morgan fingerprint density at radius 2 is 2.10 bits per heavy atom. The number of hydrogen-bond acceptors (Lipinski definition) is 2. The minimum absolute atomic E-state index is 0.234. The van der Waals surface area contributed by atoms with Crippen molar-refractivity contribution >= 4 is 5.91 Å². The van der Waals surface area contributed by atoms with Gasteiger partial charge in [-0.2, -0.15) is 0 Å². The van der Waals surface area contributed by atoms with Gasteiger partial charge in [-0.1, -0.05) is 46.1 Å². The highest BCUT2D eigenvalue weighted by Crippen LogP contribution is 2.28. The third-order valence-electron chi connectivity index (χ3n) is 3.71. The molecule has 1 fully saturated rings. The van der Waals surface area contributed by atoms with Crippen LogP contribution in [0.3, 0.4) is 0 Å². The highest BCUT2D eigenvalue weighted by atomic mass is 16.1. The van der Waals surface area contributed by atoms with Gasteiger partial charge in [0.15, 0.2) is 0 Å². The molecule has 0 spiro atoms. The van der Waals surface area contributed by atoms with E-state index in [0.717, 1.165) is 25.0 Å². The second kappa shape index (κ2) is 10.4. The van der Waals surface area contributed by atoms with Crippen LogP contribution in [0, 0.1) is 11.8 Å². The largest absolute Gasteiger partial charge is 0.355 e. The molecular formula is C18H30N2O. The normalized spacial score (nSPS) is 21.1. The number of pyridine rings is 1. The number of carbonyl (C=O) groups excluding carboxylic acids is 1. The van der Waals surface area contributed by atoms with E-state index in [0.29, 0.717) is 12.5 Å². The fourth-order valence-corrected chi connectivity index (χ4v) is 2.68. The zero-order chi connectivity index (χ0) is 15.5. The molecule has 1 aliphatic carbocycles. The van der Waals surface area contributed by atoms with Gasteiger partial charge < -0.3 is 5.32 Å². The van der Waals surface area contributed by atoms with E-state index in [1.54, 1.807) is 6.20 Å². The van der Waals surface area contributed by atoms with Crippen LogP contribution < -0.4 is 5.32 Å². The maximum atomic E-state index is 12.0. The molecule has 0 aromatic carbocycles. The third-order valence-corrected chi connectivity index (χ3v) is 3.71. The molecule has 1 N–H and O–H groups in total. The molecule has 0 aliphatic heterocycles. The molecule has 118 valence electrons. The Bertz CT molecular complexity index is 391. The van der Waals surface area contributed by atoms with Crippen molar-refractivity contribution in [3.63, 3.8) is 0 Å². The van der Waals surface area contributed by atoms with Crippen molar-refractivity contribution in [2.75, 3.05) is 6.54 Å². The van der Waals surface area contributed by atoms with Gasteiger partial charge in [0.25, 0.3) is 0 Å². The Labute approximate surface area is 129 Å². The summed E-state index contributed by atoms with van der Waals surface area (Å²) in [4.78, 5) is 16.3. The number of rotatable bonds is 4. The van der Waals surface area contributed by atoms with Gasteiger partial charge in [0.05, 0.1) is 0 Å². The summed E-state index contributed by atoms with van der Waals surface area (Å²) in [6, 6.07) is 5.88. The van der Waals surface area contributed by atoms with Gasteiger partial charge in [-0.3, -0.25) is 9.78 Å². The predicted molar refractivity (Wildman–Crippen MR) is 88.0 cm³/mol. The molecule has 1 heterocycles. The first-order valence-corrected chi connectivity index (χ1v) is 8.34. The Morgan fingerprint density at radius 3 is 2.71 bits per heavy atom. The summed E-state index contributed by atoms with van der Waals surface area (Å²) >= 11 is 0. The summed E-state index contributed by atoms with van der Waals surface area (Å²) in [5.41, 5.74) is 1.04. The SMILES string of the molecule is CCC.C[C@@H]1CCC[C@H](C(=O)NCCc2ccccn2)C1. The number of hydrogen-bond donors (Lipinski definition) is 1. The Morgan fingerprint density at radius 1 is 1.33 bits per heavy atom. The highest BCUT2D eigenvalue weighted by Gasteiger charge is 2.24. The Kier molecular flexibility index (Phi) is 8.72. The van der Waals surface area contributed by atoms with E-state index >= 15 is 0 Å². The molecule has 1 saturated carbocycles. The molecule has 0 radical (unpaired) electrons. The van der Waals surface area contributed by atoms with Gasteiger partial charge in [-0.15, -0.1) is 0 Å². The molecule has 3 nitrogen and oxygen atoms in total. The van der Waals surface area contributed by atoms with Crippen LogP contribution >= 0.6 is 0 Å². The van der Waals surface area contributed by atoms with E-state index in [-0.39, 0.29) is 11.8 Å². The molecule has 1 aliphatic rings. The van der Waals surface area contributed by atoms with E-state index in [1.807, 2.05) is 18.2 Å². The van der Waals surface area contributed by atoms with Crippen molar-refractivity contribution in [2.24, 2.45) is 11.8 Å². The second-order valence-electron chi connectivity index (χ2n) is 6.04. The summed E-state index contributed by atoms with van der Waals surface area (Å²) in [6.07, 6.45) is 8.43. The van der Waals surface area contributed by atoms with Gasteiger partial charge in [0, 0.05) is 30.8 Å². The van der Waals surface area contributed by atoms with Crippen molar-refractivity contribution in [1.82, 2.24) is 10.3 Å². The summed E-state index contributed by atoms with van der Waals surface area (Å²) in [7, 11) is 0. The van der Waals surface area contributed by atoms with Crippen LogP contribution in [0.15, 0.2) is 24.4 Å². The fraction of sp³-hybridized carbons (Fsp3) is 0.667. The zero-order valence-electron chi connectivity index (χ0n) is 13.8. The number of carbonyl (C=O) groups is 1. The minimum atomic E-state index is 0.234. The molecular weight excluding hydrogens is 260 g/mol. The average molecular weight is 290 g/mol. The molecule has 1 aromatic heterocycles. The lowest BCUT2D eigenvalue weighted by atomic mass is 9.82. The van der Waals surface area contributed by atoms with Crippen LogP contribution in [0.5, 0.6) is 0 Å². The Hall–Kier alpha value is -1.38. The van der Waals surface area contributed by atoms with Crippen LogP contribution in [-0.2, 0) is 11.2 Å². The molecule has 3 heteroatoms. The molecule has 0 bridgehead atoms. The van der Waals surface area contributed by atoms with E-state index < -0.39 is 0 Å². The van der Waals surface area contributed by atoms with Crippen molar-refractivity contribution in [2.45, 2.75) is 59.3 Å². The molecule has 2 rings (SSSR count). The minimum Gasteiger partial charge on any atom is -0.355 e. The van der Waals surface area contributed by atoms with Crippen molar-refractivity contribution < 1.29 is 4.79 Å². The van der Waals surface area contributed by atoms with Gasteiger partial charge in [0.2, 0.25) is 5.91 Å². The lowest BCUT2D eigenvalue weighted by molar-refractivity contribution is -0.126. The quantitative estimate of drug-likeness (QED) is 0.911. The summed E-state index contributed by atoms with van der Waals surface area (Å²) in [5.74, 6) is 1.17. The van der Waals surface area contributed by atoms with E-state index in [2.05, 4.69) is 31.1 Å². The number of aromatic nitrogens is 1. The molecule has 2 atom stereocenters. The lowest BCUT2D eigenvalue weighted by Crippen LogP contribution is -2.34. The Balaban J connectivity index is 0.000000677. The lowest BCUT2D eigenvalue weighted by Gasteiger charge is -2.25. The van der Waals surface area contributed by atoms with Crippen LogP contribution in [-0.4, -0.2) is 17.4 Å². The number of nitrogens with one attached hydrogen (secondary N) is 1. The van der Waals surface area contributed by atoms with E-state index in [1.165, 1.54) is 19.3 Å². The third kappa shape index (κ3) is 7.26. The highest BCUT2D eigenvalue weighted by molar-refractivity contribution is 5.78. The fourth-order valence-electron chi connectivity index (χ4n) is 2.68. The van der Waals surface area contributed by atoms with Crippen molar-refractivity contribution in [3.8, 4) is 0 Å². The number of nitrogens with zero attached hydrogens (tertiary/aromatic N) is 1. The molecule has 1 aromatic rings.